The normalized spacial score (nSPS) is 20.3. The Balaban J connectivity index is 1.49. The first-order chi connectivity index (χ1) is 21.1. The maximum atomic E-state index is 12.5. The SMILES string of the molecule is CCCCCCCCCCCCCCCCCCCCCC(=O)Nc1ccn([C@@H]2O[C@H](COP(=O)(O)O)[C@@H](O)[C@H]2O)c(=O)n1. The molecule has 2 heterocycles. The van der Waals surface area contributed by atoms with Crippen LogP contribution in [0.5, 0.6) is 0 Å². The molecule has 0 radical (unpaired) electrons. The zero-order chi connectivity index (χ0) is 32.2. The van der Waals surface area contributed by atoms with Crippen molar-refractivity contribution in [1.82, 2.24) is 9.55 Å². The average molecular weight is 646 g/mol. The molecule has 12 nitrogen and oxygen atoms in total. The molecule has 1 amide bonds. The number of carbonyl (C=O) groups is 1. The van der Waals surface area contributed by atoms with Gasteiger partial charge in [0.1, 0.15) is 24.1 Å². The Labute approximate surface area is 262 Å². The summed E-state index contributed by atoms with van der Waals surface area (Å²) in [6, 6.07) is 1.37. The van der Waals surface area contributed by atoms with Crippen molar-refractivity contribution in [3.63, 3.8) is 0 Å². The zero-order valence-electron chi connectivity index (χ0n) is 26.5. The van der Waals surface area contributed by atoms with Crippen LogP contribution < -0.4 is 11.0 Å². The summed E-state index contributed by atoms with van der Waals surface area (Å²) >= 11 is 0. The number of hydrogen-bond acceptors (Lipinski definition) is 8. The molecule has 0 saturated carbocycles. The Morgan fingerprint density at radius 1 is 0.864 bits per heavy atom. The van der Waals surface area contributed by atoms with Gasteiger partial charge in [0, 0.05) is 12.6 Å². The number of hydrogen-bond donors (Lipinski definition) is 5. The molecule has 1 aliphatic rings. The largest absolute Gasteiger partial charge is 0.469 e. The third kappa shape index (κ3) is 16.1. The number of amides is 1. The first kappa shape index (κ1) is 38.5. The molecular weight excluding hydrogens is 589 g/mol. The van der Waals surface area contributed by atoms with Crippen LogP contribution in [0.4, 0.5) is 5.82 Å². The lowest BCUT2D eigenvalue weighted by Gasteiger charge is -2.17. The lowest BCUT2D eigenvalue weighted by atomic mass is 10.0. The summed E-state index contributed by atoms with van der Waals surface area (Å²) in [6.07, 6.45) is 20.2. The first-order valence-electron chi connectivity index (χ1n) is 16.7. The van der Waals surface area contributed by atoms with Gasteiger partial charge in [-0.25, -0.2) is 9.36 Å². The number of unbranched alkanes of at least 4 members (excludes halogenated alkanes) is 18. The topological polar surface area (TPSA) is 180 Å². The summed E-state index contributed by atoms with van der Waals surface area (Å²) in [7, 11) is -4.81. The highest BCUT2D eigenvalue weighted by Gasteiger charge is 2.45. The molecular formula is C31H56N3O9P. The van der Waals surface area contributed by atoms with Crippen molar-refractivity contribution in [3.8, 4) is 0 Å². The third-order valence-electron chi connectivity index (χ3n) is 8.12. The second-order valence-electron chi connectivity index (χ2n) is 12.0. The number of anilines is 1. The van der Waals surface area contributed by atoms with Crippen LogP contribution in [0.3, 0.4) is 0 Å². The van der Waals surface area contributed by atoms with Gasteiger partial charge in [-0.2, -0.15) is 4.98 Å². The van der Waals surface area contributed by atoms with E-state index in [4.69, 9.17) is 14.5 Å². The van der Waals surface area contributed by atoms with Crippen molar-refractivity contribution in [3.05, 3.63) is 22.7 Å². The number of phosphoric acid groups is 1. The van der Waals surface area contributed by atoms with Crippen LogP contribution in [-0.4, -0.2) is 60.4 Å². The number of carbonyl (C=O) groups excluding carboxylic acids is 1. The second kappa shape index (κ2) is 22.0. The lowest BCUT2D eigenvalue weighted by molar-refractivity contribution is -0.116. The van der Waals surface area contributed by atoms with E-state index in [2.05, 4.69) is 21.7 Å². The predicted octanol–water partition coefficient (Wildman–Crippen LogP) is 5.73. The van der Waals surface area contributed by atoms with Crippen LogP contribution in [0.2, 0.25) is 0 Å². The highest BCUT2D eigenvalue weighted by molar-refractivity contribution is 7.46. The Morgan fingerprint density at radius 3 is 1.80 bits per heavy atom. The molecule has 5 N–H and O–H groups in total. The maximum Gasteiger partial charge on any atom is 0.469 e. The summed E-state index contributed by atoms with van der Waals surface area (Å²) in [5.74, 6) is -0.188. The predicted molar refractivity (Wildman–Crippen MR) is 169 cm³/mol. The number of aliphatic hydroxyl groups excluding tert-OH is 2. The molecule has 0 spiro atoms. The van der Waals surface area contributed by atoms with Crippen molar-refractivity contribution in [2.45, 2.75) is 160 Å². The minimum absolute atomic E-state index is 0.0588. The maximum absolute atomic E-state index is 12.5. The Bertz CT molecular complexity index is 1030. The summed E-state index contributed by atoms with van der Waals surface area (Å²) in [4.78, 5) is 46.3. The van der Waals surface area contributed by atoms with E-state index in [1.807, 2.05) is 0 Å². The fraction of sp³-hybridized carbons (Fsp3) is 0.839. The van der Waals surface area contributed by atoms with Gasteiger partial charge in [-0.15, -0.1) is 0 Å². The van der Waals surface area contributed by atoms with Crippen molar-refractivity contribution in [2.24, 2.45) is 0 Å². The summed E-state index contributed by atoms with van der Waals surface area (Å²) in [6.45, 7) is 1.58. The number of aromatic nitrogens is 2. The number of aliphatic hydroxyl groups is 2. The van der Waals surface area contributed by atoms with Gasteiger partial charge in [0.25, 0.3) is 0 Å². The van der Waals surface area contributed by atoms with E-state index in [9.17, 15) is 24.4 Å². The minimum Gasteiger partial charge on any atom is -0.387 e. The molecule has 0 aromatic carbocycles. The van der Waals surface area contributed by atoms with E-state index in [0.29, 0.717) is 6.42 Å². The van der Waals surface area contributed by atoms with Crippen LogP contribution >= 0.6 is 7.82 Å². The molecule has 1 fully saturated rings. The standard InChI is InChI=1S/C31H56N3O9P/c1-2-3-4-5-6-7-8-9-10-11-12-13-14-15-16-17-18-19-20-21-27(35)32-26-22-23-34(31(38)33-26)30-29(37)28(36)25(43-30)24-42-44(39,40)41/h22-23,25,28-30,36-37H,2-21,24H2,1H3,(H2,39,40,41)(H,32,33,35,38)/t25-,28-,29-,30-/m1/s1. The van der Waals surface area contributed by atoms with Gasteiger partial charge in [-0.3, -0.25) is 13.9 Å². The van der Waals surface area contributed by atoms with Crippen LogP contribution in [0.25, 0.3) is 0 Å². The van der Waals surface area contributed by atoms with Gasteiger partial charge in [0.05, 0.1) is 6.61 Å². The van der Waals surface area contributed by atoms with Gasteiger partial charge in [0.2, 0.25) is 5.91 Å². The molecule has 254 valence electrons. The number of ether oxygens (including phenoxy) is 1. The quantitative estimate of drug-likeness (QED) is 0.0651. The highest BCUT2D eigenvalue weighted by atomic mass is 31.2. The molecule has 0 unspecified atom stereocenters. The van der Waals surface area contributed by atoms with E-state index in [0.717, 1.165) is 23.8 Å². The fourth-order valence-electron chi connectivity index (χ4n) is 5.51. The van der Waals surface area contributed by atoms with Crippen molar-refractivity contribution >= 4 is 19.5 Å². The Morgan fingerprint density at radius 2 is 1.34 bits per heavy atom. The molecule has 1 aliphatic heterocycles. The Kier molecular flexibility index (Phi) is 19.2. The third-order valence-corrected chi connectivity index (χ3v) is 8.61. The van der Waals surface area contributed by atoms with E-state index in [1.165, 1.54) is 115 Å². The first-order valence-corrected chi connectivity index (χ1v) is 18.3. The number of rotatable bonds is 25. The van der Waals surface area contributed by atoms with Gasteiger partial charge in [0.15, 0.2) is 6.23 Å². The molecule has 0 aliphatic carbocycles. The van der Waals surface area contributed by atoms with Crippen LogP contribution in [-0.2, 0) is 18.6 Å². The molecule has 13 heteroatoms. The molecule has 2 rings (SSSR count). The van der Waals surface area contributed by atoms with Crippen molar-refractivity contribution < 1.29 is 38.6 Å². The van der Waals surface area contributed by atoms with Gasteiger partial charge in [-0.05, 0) is 12.5 Å². The lowest BCUT2D eigenvalue weighted by Crippen LogP contribution is -2.36. The van der Waals surface area contributed by atoms with E-state index >= 15 is 0 Å². The van der Waals surface area contributed by atoms with Crippen LogP contribution in [0, 0.1) is 0 Å². The van der Waals surface area contributed by atoms with Gasteiger partial charge < -0.3 is 30.1 Å². The molecule has 1 aromatic rings. The Hall–Kier alpha value is -1.66. The molecule has 44 heavy (non-hydrogen) atoms. The number of nitrogens with zero attached hydrogens (tertiary/aromatic N) is 2. The van der Waals surface area contributed by atoms with Crippen LogP contribution in [0.15, 0.2) is 17.1 Å². The second-order valence-corrected chi connectivity index (χ2v) is 13.2. The van der Waals surface area contributed by atoms with Gasteiger partial charge in [-0.1, -0.05) is 122 Å². The van der Waals surface area contributed by atoms with Crippen molar-refractivity contribution in [1.29, 1.82) is 0 Å². The summed E-state index contributed by atoms with van der Waals surface area (Å²) in [5, 5.41) is 23.0. The van der Waals surface area contributed by atoms with E-state index in [1.54, 1.807) is 0 Å². The molecule has 0 bridgehead atoms. The van der Waals surface area contributed by atoms with Gasteiger partial charge >= 0.3 is 13.5 Å². The minimum atomic E-state index is -4.81. The number of phosphoric ester groups is 1. The number of nitrogens with one attached hydrogen (secondary N) is 1. The summed E-state index contributed by atoms with van der Waals surface area (Å²) < 4.78 is 21.5. The highest BCUT2D eigenvalue weighted by Crippen LogP contribution is 2.38. The van der Waals surface area contributed by atoms with Crippen molar-refractivity contribution in [2.75, 3.05) is 11.9 Å². The molecule has 1 saturated heterocycles. The van der Waals surface area contributed by atoms with Crippen LogP contribution in [0.1, 0.15) is 142 Å². The molecule has 4 atom stereocenters. The van der Waals surface area contributed by atoms with E-state index in [-0.39, 0.29) is 11.7 Å². The fourth-order valence-corrected chi connectivity index (χ4v) is 5.85. The zero-order valence-corrected chi connectivity index (χ0v) is 27.4. The average Bonchev–Trinajstić information content (AvgIpc) is 3.25. The molecule has 1 aromatic heterocycles. The van der Waals surface area contributed by atoms with E-state index < -0.39 is 44.7 Å². The monoisotopic (exact) mass is 645 g/mol. The summed E-state index contributed by atoms with van der Waals surface area (Å²) in [5.41, 5.74) is -0.834. The smallest absolute Gasteiger partial charge is 0.387 e.